The zero-order valence-corrected chi connectivity index (χ0v) is 37.0. The number of hydrogen-bond donors (Lipinski definition) is 3. The van der Waals surface area contributed by atoms with Gasteiger partial charge in [-0.2, -0.15) is 0 Å². The Morgan fingerprint density at radius 1 is 0.544 bits per heavy atom. The highest BCUT2D eigenvalue weighted by Gasteiger charge is 2.22. The Hall–Kier alpha value is -2.29. The van der Waals surface area contributed by atoms with Crippen molar-refractivity contribution in [3.05, 3.63) is 60.8 Å². The minimum Gasteiger partial charge on any atom is -0.462 e. The van der Waals surface area contributed by atoms with E-state index in [0.717, 1.165) is 38.5 Å². The number of esters is 2. The molecule has 57 heavy (non-hydrogen) atoms. The maximum atomic E-state index is 12.4. The molecule has 0 fully saturated rings. The predicted molar refractivity (Wildman–Crippen MR) is 236 cm³/mol. The summed E-state index contributed by atoms with van der Waals surface area (Å²) in [5.74, 6) is -0.968. The first-order valence-corrected chi connectivity index (χ1v) is 24.2. The van der Waals surface area contributed by atoms with Crippen LogP contribution in [-0.2, 0) is 28.2 Å². The van der Waals surface area contributed by atoms with Crippen LogP contribution in [0.4, 0.5) is 0 Å². The molecule has 330 valence electrons. The van der Waals surface area contributed by atoms with Crippen LogP contribution in [0.2, 0.25) is 0 Å². The molecule has 0 bridgehead atoms. The minimum atomic E-state index is -4.78. The maximum absolute atomic E-state index is 12.4. The standard InChI is InChI=1S/C47H83O9P/c1-3-5-6-7-8-9-10-11-12-13-14-15-16-17-18-23-26-29-32-35-38-41-47(50)56-45(43-55-57(51,52)53)42-54-46(49)40-37-34-31-28-25-22-20-19-21-24-27-30-33-36-39-44(48)4-2/h20-22,24,28,30-31,33,36,39,44-45,48H,3-19,23,25-27,29,32,34-35,37-38,40-43H2,1-2H3,(H2,51,52,53)/b22-20-,24-21-,31-28-,33-30-,39-36+/t44-,45+/m0/s1. The number of rotatable bonds is 41. The number of aliphatic hydroxyl groups excluding tert-OH is 1. The van der Waals surface area contributed by atoms with Crippen molar-refractivity contribution in [3.63, 3.8) is 0 Å². The lowest BCUT2D eigenvalue weighted by Gasteiger charge is -2.18. The van der Waals surface area contributed by atoms with Gasteiger partial charge in [0.25, 0.3) is 0 Å². The molecule has 0 saturated heterocycles. The first-order valence-electron chi connectivity index (χ1n) is 22.7. The maximum Gasteiger partial charge on any atom is 0.469 e. The Morgan fingerprint density at radius 2 is 0.982 bits per heavy atom. The summed E-state index contributed by atoms with van der Waals surface area (Å²) in [5.41, 5.74) is 0. The number of unbranched alkanes of at least 4 members (excludes halogenated alkanes) is 21. The first-order chi connectivity index (χ1) is 27.7. The highest BCUT2D eigenvalue weighted by molar-refractivity contribution is 7.46. The second-order valence-corrected chi connectivity index (χ2v) is 16.4. The molecule has 0 amide bonds. The number of aliphatic hydroxyl groups is 1. The van der Waals surface area contributed by atoms with Crippen molar-refractivity contribution in [2.75, 3.05) is 13.2 Å². The Bertz CT molecular complexity index is 1120. The Labute approximate surface area is 348 Å². The normalized spacial score (nSPS) is 13.6. The van der Waals surface area contributed by atoms with Crippen molar-refractivity contribution in [1.82, 2.24) is 0 Å². The van der Waals surface area contributed by atoms with Gasteiger partial charge in [-0.1, -0.05) is 203 Å². The van der Waals surface area contributed by atoms with E-state index in [1.807, 2.05) is 37.3 Å². The molecule has 0 radical (unpaired) electrons. The van der Waals surface area contributed by atoms with Gasteiger partial charge in [0.1, 0.15) is 6.61 Å². The summed E-state index contributed by atoms with van der Waals surface area (Å²) >= 11 is 0. The van der Waals surface area contributed by atoms with Gasteiger partial charge in [-0.05, 0) is 44.9 Å². The number of hydrogen-bond acceptors (Lipinski definition) is 7. The van der Waals surface area contributed by atoms with Crippen LogP contribution in [0.1, 0.15) is 200 Å². The number of ether oxygens (including phenoxy) is 2. The average molecular weight is 823 g/mol. The van der Waals surface area contributed by atoms with Gasteiger partial charge in [-0.15, -0.1) is 0 Å². The van der Waals surface area contributed by atoms with E-state index in [4.69, 9.17) is 19.3 Å². The second-order valence-electron chi connectivity index (χ2n) is 15.2. The lowest BCUT2D eigenvalue weighted by Crippen LogP contribution is -2.29. The molecule has 0 aromatic rings. The van der Waals surface area contributed by atoms with Crippen molar-refractivity contribution < 1.29 is 43.0 Å². The van der Waals surface area contributed by atoms with Crippen LogP contribution in [0.3, 0.4) is 0 Å². The van der Waals surface area contributed by atoms with E-state index < -0.39 is 32.5 Å². The average Bonchev–Trinajstić information content (AvgIpc) is 3.18. The van der Waals surface area contributed by atoms with E-state index in [1.54, 1.807) is 6.08 Å². The molecule has 0 spiro atoms. The second kappa shape index (κ2) is 41.9. The molecular weight excluding hydrogens is 739 g/mol. The van der Waals surface area contributed by atoms with E-state index in [0.29, 0.717) is 25.7 Å². The van der Waals surface area contributed by atoms with Gasteiger partial charge in [-0.25, -0.2) is 4.57 Å². The lowest BCUT2D eigenvalue weighted by atomic mass is 10.0. The van der Waals surface area contributed by atoms with Gasteiger partial charge in [0.2, 0.25) is 0 Å². The van der Waals surface area contributed by atoms with Gasteiger partial charge >= 0.3 is 19.8 Å². The quantitative estimate of drug-likeness (QED) is 0.0181. The van der Waals surface area contributed by atoms with Crippen molar-refractivity contribution >= 4 is 19.8 Å². The predicted octanol–water partition coefficient (Wildman–Crippen LogP) is 13.0. The molecule has 2 atom stereocenters. The lowest BCUT2D eigenvalue weighted by molar-refractivity contribution is -0.161. The minimum absolute atomic E-state index is 0.174. The molecule has 0 rings (SSSR count). The molecule has 0 aromatic heterocycles. The molecule has 0 saturated carbocycles. The van der Waals surface area contributed by atoms with Crippen LogP contribution in [-0.4, -0.2) is 52.3 Å². The van der Waals surface area contributed by atoms with Gasteiger partial charge < -0.3 is 24.4 Å². The molecule has 0 aliphatic carbocycles. The summed E-state index contributed by atoms with van der Waals surface area (Å²) in [6.45, 7) is 3.33. The number of carbonyl (C=O) groups excluding carboxylic acids is 2. The number of allylic oxidation sites excluding steroid dienone is 9. The monoisotopic (exact) mass is 823 g/mol. The summed E-state index contributed by atoms with van der Waals surface area (Å²) < 4.78 is 26.4. The van der Waals surface area contributed by atoms with E-state index in [-0.39, 0.29) is 25.6 Å². The molecule has 9 nitrogen and oxygen atoms in total. The number of phosphoric ester groups is 1. The fourth-order valence-electron chi connectivity index (χ4n) is 6.19. The van der Waals surface area contributed by atoms with Gasteiger partial charge in [0.05, 0.1) is 12.7 Å². The van der Waals surface area contributed by atoms with Crippen molar-refractivity contribution in [2.24, 2.45) is 0 Å². The molecule has 0 heterocycles. The zero-order chi connectivity index (χ0) is 41.9. The highest BCUT2D eigenvalue weighted by Crippen LogP contribution is 2.36. The van der Waals surface area contributed by atoms with E-state index >= 15 is 0 Å². The van der Waals surface area contributed by atoms with Crippen LogP contribution in [0.5, 0.6) is 0 Å². The first kappa shape index (κ1) is 54.7. The molecule has 0 aliphatic rings. The Balaban J connectivity index is 3.95. The Kier molecular flexibility index (Phi) is 40.2. The van der Waals surface area contributed by atoms with E-state index in [2.05, 4.69) is 35.8 Å². The largest absolute Gasteiger partial charge is 0.469 e. The topological polar surface area (TPSA) is 140 Å². The number of carbonyl (C=O) groups is 2. The van der Waals surface area contributed by atoms with Crippen molar-refractivity contribution in [3.8, 4) is 0 Å². The molecule has 0 aliphatic heterocycles. The van der Waals surface area contributed by atoms with E-state index in [9.17, 15) is 19.3 Å². The SMILES string of the molecule is CCCCCCCCCCCCCCCCCCCCCCCC(=O)O[C@H](COC(=O)CCC/C=C\C/C=C\C/C=C\C/C=C\C=C\[C@@H](O)CC)COP(=O)(O)O. The van der Waals surface area contributed by atoms with Crippen LogP contribution >= 0.6 is 7.82 Å². The summed E-state index contributed by atoms with van der Waals surface area (Å²) in [6, 6.07) is 0. The smallest absolute Gasteiger partial charge is 0.462 e. The molecule has 0 unspecified atom stereocenters. The van der Waals surface area contributed by atoms with Crippen LogP contribution in [0.25, 0.3) is 0 Å². The molecule has 3 N–H and O–H groups in total. The zero-order valence-electron chi connectivity index (χ0n) is 36.1. The van der Waals surface area contributed by atoms with Crippen LogP contribution < -0.4 is 0 Å². The third-order valence-electron chi connectivity index (χ3n) is 9.71. The van der Waals surface area contributed by atoms with Gasteiger partial charge in [-0.3, -0.25) is 14.1 Å². The van der Waals surface area contributed by atoms with E-state index in [1.165, 1.54) is 109 Å². The summed E-state index contributed by atoms with van der Waals surface area (Å²) in [5, 5.41) is 9.46. The number of phosphoric acid groups is 1. The molecule has 10 heteroatoms. The van der Waals surface area contributed by atoms with Crippen molar-refractivity contribution in [2.45, 2.75) is 212 Å². The fourth-order valence-corrected chi connectivity index (χ4v) is 6.55. The third kappa shape index (κ3) is 44.7. The fraction of sp³-hybridized carbons (Fsp3) is 0.745. The van der Waals surface area contributed by atoms with Crippen molar-refractivity contribution in [1.29, 1.82) is 0 Å². The summed E-state index contributed by atoms with van der Waals surface area (Å²) in [4.78, 5) is 42.9. The summed E-state index contributed by atoms with van der Waals surface area (Å²) in [7, 11) is -4.78. The van der Waals surface area contributed by atoms with Crippen LogP contribution in [0.15, 0.2) is 60.8 Å². The van der Waals surface area contributed by atoms with Gasteiger partial charge in [0.15, 0.2) is 6.10 Å². The van der Waals surface area contributed by atoms with Gasteiger partial charge in [0, 0.05) is 12.8 Å². The van der Waals surface area contributed by atoms with Crippen LogP contribution in [0, 0.1) is 0 Å². The third-order valence-corrected chi connectivity index (χ3v) is 10.2. The highest BCUT2D eigenvalue weighted by atomic mass is 31.2. The Morgan fingerprint density at radius 3 is 1.46 bits per heavy atom. The molecule has 0 aromatic carbocycles. The summed E-state index contributed by atoms with van der Waals surface area (Å²) in [6.07, 6.45) is 50.5. The molecular formula is C47H83O9P.